The van der Waals surface area contributed by atoms with E-state index in [0.29, 0.717) is 10.5 Å². The molecule has 5 rings (SSSR count). The molecule has 0 spiro atoms. The van der Waals surface area contributed by atoms with Gasteiger partial charge in [0.15, 0.2) is 16.7 Å². The molecule has 31 heavy (non-hydrogen) atoms. The standard InChI is InChI=1S/C24H24N4O2S/c29-31(30)22-3-1-2-20(13-22)23-15-27-28-16-21(14-26-24(23)28)19-6-4-17(5-7-19)12-18-8-10-25-11-9-18/h1-7,13-16,18,25H,8-12H2,(H,29,30). The van der Waals surface area contributed by atoms with Crippen LogP contribution in [-0.4, -0.2) is 36.4 Å². The Morgan fingerprint density at radius 3 is 2.61 bits per heavy atom. The molecule has 0 bridgehead atoms. The van der Waals surface area contributed by atoms with E-state index >= 15 is 0 Å². The Morgan fingerprint density at radius 1 is 1.03 bits per heavy atom. The van der Waals surface area contributed by atoms with Gasteiger partial charge in [0.05, 0.1) is 11.1 Å². The molecule has 158 valence electrons. The first-order valence-electron chi connectivity index (χ1n) is 10.5. The van der Waals surface area contributed by atoms with Crippen molar-refractivity contribution in [3.05, 3.63) is 72.7 Å². The summed E-state index contributed by atoms with van der Waals surface area (Å²) in [5.74, 6) is 0.773. The normalized spacial score (nSPS) is 15.9. The van der Waals surface area contributed by atoms with Crippen molar-refractivity contribution in [1.82, 2.24) is 19.9 Å². The third-order valence-corrected chi connectivity index (χ3v) is 6.63. The van der Waals surface area contributed by atoms with Crippen LogP contribution < -0.4 is 5.32 Å². The minimum atomic E-state index is -2.02. The maximum Gasteiger partial charge on any atom is 0.186 e. The van der Waals surface area contributed by atoms with Crippen LogP contribution in [0.4, 0.5) is 0 Å². The predicted octanol–water partition coefficient (Wildman–Crippen LogP) is 4.19. The second-order valence-corrected chi connectivity index (χ2v) is 9.01. The molecule has 3 heterocycles. The highest BCUT2D eigenvalue weighted by molar-refractivity contribution is 7.79. The minimum Gasteiger partial charge on any atom is -0.317 e. The van der Waals surface area contributed by atoms with Crippen LogP contribution in [0, 0.1) is 5.92 Å². The van der Waals surface area contributed by atoms with E-state index in [0.717, 1.165) is 47.7 Å². The molecule has 1 atom stereocenters. The predicted molar refractivity (Wildman–Crippen MR) is 122 cm³/mol. The third kappa shape index (κ3) is 4.30. The topological polar surface area (TPSA) is 79.5 Å². The van der Waals surface area contributed by atoms with Crippen molar-refractivity contribution in [2.75, 3.05) is 13.1 Å². The van der Waals surface area contributed by atoms with Gasteiger partial charge in [0.1, 0.15) is 0 Å². The molecule has 1 aliphatic heterocycles. The Balaban J connectivity index is 1.39. The maximum atomic E-state index is 11.4. The fourth-order valence-electron chi connectivity index (χ4n) is 4.25. The first-order chi connectivity index (χ1) is 15.2. The summed E-state index contributed by atoms with van der Waals surface area (Å²) in [4.78, 5) is 5.00. The number of nitrogens with one attached hydrogen (secondary N) is 1. The maximum absolute atomic E-state index is 11.4. The summed E-state index contributed by atoms with van der Waals surface area (Å²) < 4.78 is 22.5. The van der Waals surface area contributed by atoms with E-state index in [-0.39, 0.29) is 0 Å². The average Bonchev–Trinajstić information content (AvgIpc) is 3.24. The van der Waals surface area contributed by atoms with Crippen molar-refractivity contribution in [3.63, 3.8) is 0 Å². The van der Waals surface area contributed by atoms with Crippen LogP contribution in [0.15, 0.2) is 72.0 Å². The van der Waals surface area contributed by atoms with E-state index in [1.165, 1.54) is 18.4 Å². The molecule has 0 saturated carbocycles. The summed E-state index contributed by atoms with van der Waals surface area (Å²) in [7, 11) is 0. The van der Waals surface area contributed by atoms with Crippen LogP contribution in [0.25, 0.3) is 27.9 Å². The van der Waals surface area contributed by atoms with Gasteiger partial charge >= 0.3 is 0 Å². The van der Waals surface area contributed by atoms with Crippen molar-refractivity contribution < 1.29 is 8.76 Å². The van der Waals surface area contributed by atoms with Gasteiger partial charge in [0.2, 0.25) is 0 Å². The first kappa shape index (κ1) is 20.1. The Labute approximate surface area is 183 Å². The highest BCUT2D eigenvalue weighted by Crippen LogP contribution is 2.27. The van der Waals surface area contributed by atoms with Crippen LogP contribution in [0.1, 0.15) is 18.4 Å². The molecule has 2 aromatic carbocycles. The summed E-state index contributed by atoms with van der Waals surface area (Å²) in [5.41, 5.74) is 5.85. The molecule has 4 aromatic rings. The van der Waals surface area contributed by atoms with Crippen LogP contribution in [0.5, 0.6) is 0 Å². The van der Waals surface area contributed by atoms with Crippen molar-refractivity contribution in [1.29, 1.82) is 0 Å². The number of nitrogens with zero attached hydrogens (tertiary/aromatic N) is 3. The zero-order chi connectivity index (χ0) is 21.2. The number of benzene rings is 2. The summed E-state index contributed by atoms with van der Waals surface area (Å²) >= 11 is -2.02. The summed E-state index contributed by atoms with van der Waals surface area (Å²) in [5, 5.41) is 7.89. The van der Waals surface area contributed by atoms with Gasteiger partial charge < -0.3 is 9.87 Å². The molecular weight excluding hydrogens is 408 g/mol. The molecular formula is C24H24N4O2S. The second kappa shape index (κ2) is 8.70. The molecule has 1 saturated heterocycles. The average molecular weight is 433 g/mol. The van der Waals surface area contributed by atoms with E-state index < -0.39 is 11.1 Å². The molecule has 2 N–H and O–H groups in total. The van der Waals surface area contributed by atoms with Crippen LogP contribution in [0.2, 0.25) is 0 Å². The number of piperidine rings is 1. The van der Waals surface area contributed by atoms with Gasteiger partial charge in [0.25, 0.3) is 0 Å². The van der Waals surface area contributed by atoms with Crippen molar-refractivity contribution >= 4 is 16.7 Å². The van der Waals surface area contributed by atoms with Gasteiger partial charge in [-0.1, -0.05) is 36.4 Å². The van der Waals surface area contributed by atoms with E-state index in [4.69, 9.17) is 0 Å². The molecule has 1 aliphatic rings. The molecule has 2 aromatic heterocycles. The third-order valence-electron chi connectivity index (χ3n) is 5.97. The van der Waals surface area contributed by atoms with Gasteiger partial charge in [-0.3, -0.25) is 0 Å². The van der Waals surface area contributed by atoms with Gasteiger partial charge in [-0.2, -0.15) is 5.10 Å². The van der Waals surface area contributed by atoms with Crippen LogP contribution in [-0.2, 0) is 17.5 Å². The van der Waals surface area contributed by atoms with Gasteiger partial charge in [-0.25, -0.2) is 13.7 Å². The lowest BCUT2D eigenvalue weighted by molar-refractivity contribution is 0.372. The smallest absolute Gasteiger partial charge is 0.186 e. The van der Waals surface area contributed by atoms with Crippen LogP contribution >= 0.6 is 0 Å². The molecule has 6 nitrogen and oxygen atoms in total. The molecule has 0 radical (unpaired) electrons. The van der Waals surface area contributed by atoms with E-state index in [2.05, 4.69) is 39.7 Å². The van der Waals surface area contributed by atoms with Crippen molar-refractivity contribution in [2.45, 2.75) is 24.2 Å². The number of aromatic nitrogens is 3. The van der Waals surface area contributed by atoms with Crippen molar-refractivity contribution in [3.8, 4) is 22.3 Å². The monoisotopic (exact) mass is 432 g/mol. The zero-order valence-electron chi connectivity index (χ0n) is 17.1. The lowest BCUT2D eigenvalue weighted by Gasteiger charge is -2.22. The molecule has 1 unspecified atom stereocenters. The summed E-state index contributed by atoms with van der Waals surface area (Å²) in [6.07, 6.45) is 9.22. The van der Waals surface area contributed by atoms with Crippen LogP contribution in [0.3, 0.4) is 0 Å². The molecule has 0 amide bonds. The van der Waals surface area contributed by atoms with E-state index in [9.17, 15) is 8.76 Å². The highest BCUT2D eigenvalue weighted by atomic mass is 32.2. The molecule has 1 fully saturated rings. The highest BCUT2D eigenvalue weighted by Gasteiger charge is 2.14. The number of hydrogen-bond donors (Lipinski definition) is 2. The number of hydrogen-bond acceptors (Lipinski definition) is 4. The molecule has 7 heteroatoms. The SMILES string of the molecule is O=S(O)c1cccc(-c2cnn3cc(-c4ccc(CC5CCNCC5)cc4)cnc23)c1. The fourth-order valence-corrected chi connectivity index (χ4v) is 4.67. The van der Waals surface area contributed by atoms with Crippen molar-refractivity contribution in [2.24, 2.45) is 5.92 Å². The van der Waals surface area contributed by atoms with Gasteiger partial charge in [-0.05, 0) is 67.1 Å². The quantitative estimate of drug-likeness (QED) is 0.463. The van der Waals surface area contributed by atoms with Gasteiger partial charge in [0, 0.05) is 23.5 Å². The Hall–Kier alpha value is -2.87. The number of rotatable bonds is 5. The van der Waals surface area contributed by atoms with E-state index in [1.807, 2.05) is 18.5 Å². The van der Waals surface area contributed by atoms with Gasteiger partial charge in [-0.15, -0.1) is 0 Å². The Kier molecular flexibility index (Phi) is 5.63. The largest absolute Gasteiger partial charge is 0.317 e. The molecule has 0 aliphatic carbocycles. The zero-order valence-corrected chi connectivity index (χ0v) is 17.9. The minimum absolute atomic E-state index is 0.359. The summed E-state index contributed by atoms with van der Waals surface area (Å²) in [6.45, 7) is 2.25. The lowest BCUT2D eigenvalue weighted by Crippen LogP contribution is -2.28. The lowest BCUT2D eigenvalue weighted by atomic mass is 9.90. The first-order valence-corrected chi connectivity index (χ1v) is 11.6. The van der Waals surface area contributed by atoms with E-state index in [1.54, 1.807) is 28.9 Å². The Bertz CT molecular complexity index is 1230. The summed E-state index contributed by atoms with van der Waals surface area (Å²) in [6, 6.07) is 15.7. The fraction of sp³-hybridized carbons (Fsp3) is 0.250. The Morgan fingerprint density at radius 2 is 1.84 bits per heavy atom. The second-order valence-electron chi connectivity index (χ2n) is 8.04. The number of fused-ring (bicyclic) bond motifs is 1.